The number of phenols is 1. The van der Waals surface area contributed by atoms with Gasteiger partial charge in [-0.05, 0) is 30.5 Å². The van der Waals surface area contributed by atoms with Crippen LogP contribution in [0, 0.1) is 0 Å². The summed E-state index contributed by atoms with van der Waals surface area (Å²) in [5.41, 5.74) is 1.20. The van der Waals surface area contributed by atoms with Crippen LogP contribution in [0.4, 0.5) is 0 Å². The molecule has 0 aromatic heterocycles. The summed E-state index contributed by atoms with van der Waals surface area (Å²) in [6, 6.07) is 5.70. The van der Waals surface area contributed by atoms with E-state index in [9.17, 15) is 5.11 Å². The van der Waals surface area contributed by atoms with Crippen molar-refractivity contribution in [1.82, 2.24) is 0 Å². The summed E-state index contributed by atoms with van der Waals surface area (Å²) in [6.07, 6.45) is 11.7. The van der Waals surface area contributed by atoms with E-state index in [4.69, 9.17) is 4.74 Å². The van der Waals surface area contributed by atoms with E-state index in [1.54, 1.807) is 7.11 Å². The Morgan fingerprint density at radius 3 is 2.16 bits per heavy atom. The molecule has 1 rings (SSSR count). The Morgan fingerprint density at radius 2 is 1.58 bits per heavy atom. The van der Waals surface area contributed by atoms with Gasteiger partial charge in [-0.25, -0.2) is 0 Å². The average molecular weight is 264 g/mol. The standard InChI is InChI=1S/C17H28O2/c1-3-4-5-6-7-8-9-10-11-15-12-13-17(19-2)16(18)14-15/h12-14,18H,3-11H2,1-2H3. The summed E-state index contributed by atoms with van der Waals surface area (Å²) < 4.78 is 5.04. The quantitative estimate of drug-likeness (QED) is 0.597. The van der Waals surface area contributed by atoms with E-state index in [2.05, 4.69) is 6.92 Å². The number of hydrogen-bond donors (Lipinski definition) is 1. The molecule has 0 spiro atoms. The van der Waals surface area contributed by atoms with Crippen LogP contribution in [0.25, 0.3) is 0 Å². The summed E-state index contributed by atoms with van der Waals surface area (Å²) in [5, 5.41) is 9.69. The third-order valence-corrected chi connectivity index (χ3v) is 3.56. The fraction of sp³-hybridized carbons (Fsp3) is 0.647. The van der Waals surface area contributed by atoms with Gasteiger partial charge in [0.05, 0.1) is 7.11 Å². The zero-order valence-corrected chi connectivity index (χ0v) is 12.5. The summed E-state index contributed by atoms with van der Waals surface area (Å²) in [4.78, 5) is 0. The Labute approximate surface area is 117 Å². The zero-order chi connectivity index (χ0) is 13.9. The monoisotopic (exact) mass is 264 g/mol. The van der Waals surface area contributed by atoms with Gasteiger partial charge >= 0.3 is 0 Å². The molecule has 1 N–H and O–H groups in total. The van der Waals surface area contributed by atoms with Gasteiger partial charge in [0, 0.05) is 0 Å². The predicted molar refractivity (Wildman–Crippen MR) is 81.0 cm³/mol. The molecule has 2 nitrogen and oxygen atoms in total. The van der Waals surface area contributed by atoms with Crippen molar-refractivity contribution in [3.05, 3.63) is 23.8 Å². The number of benzene rings is 1. The molecule has 0 heterocycles. The number of aryl methyl sites for hydroxylation is 1. The number of ether oxygens (including phenoxy) is 1. The molecule has 0 radical (unpaired) electrons. The van der Waals surface area contributed by atoms with Gasteiger partial charge in [-0.1, -0.05) is 57.9 Å². The number of aromatic hydroxyl groups is 1. The summed E-state index contributed by atoms with van der Waals surface area (Å²) in [7, 11) is 1.58. The van der Waals surface area contributed by atoms with Gasteiger partial charge in [0.25, 0.3) is 0 Å². The minimum atomic E-state index is 0.250. The molecular weight excluding hydrogens is 236 g/mol. The van der Waals surface area contributed by atoms with E-state index in [0.29, 0.717) is 5.75 Å². The van der Waals surface area contributed by atoms with Crippen molar-refractivity contribution in [3.8, 4) is 11.5 Å². The molecule has 1 aromatic carbocycles. The van der Waals surface area contributed by atoms with Gasteiger partial charge in [-0.2, -0.15) is 0 Å². The second kappa shape index (κ2) is 9.71. The lowest BCUT2D eigenvalue weighted by Gasteiger charge is -2.06. The molecule has 0 atom stereocenters. The highest BCUT2D eigenvalue weighted by Gasteiger charge is 2.02. The first-order valence-electron chi connectivity index (χ1n) is 7.63. The summed E-state index contributed by atoms with van der Waals surface area (Å²) in [5.74, 6) is 0.805. The van der Waals surface area contributed by atoms with Crippen molar-refractivity contribution in [2.45, 2.75) is 64.7 Å². The summed E-state index contributed by atoms with van der Waals surface area (Å²) >= 11 is 0. The third-order valence-electron chi connectivity index (χ3n) is 3.56. The normalized spacial score (nSPS) is 10.6. The van der Waals surface area contributed by atoms with Crippen molar-refractivity contribution in [2.24, 2.45) is 0 Å². The zero-order valence-electron chi connectivity index (χ0n) is 12.5. The number of hydrogen-bond acceptors (Lipinski definition) is 2. The number of unbranched alkanes of at least 4 members (excludes halogenated alkanes) is 7. The van der Waals surface area contributed by atoms with Gasteiger partial charge in [-0.15, -0.1) is 0 Å². The fourth-order valence-corrected chi connectivity index (χ4v) is 2.35. The van der Waals surface area contributed by atoms with Gasteiger partial charge in [0.2, 0.25) is 0 Å². The van der Waals surface area contributed by atoms with Gasteiger partial charge in [0.1, 0.15) is 0 Å². The van der Waals surface area contributed by atoms with Crippen LogP contribution in [0.1, 0.15) is 63.9 Å². The molecule has 0 bridgehead atoms. The van der Waals surface area contributed by atoms with Crippen LogP contribution >= 0.6 is 0 Å². The minimum Gasteiger partial charge on any atom is -0.504 e. The number of methoxy groups -OCH3 is 1. The Hall–Kier alpha value is -1.18. The molecule has 0 aliphatic carbocycles. The highest BCUT2D eigenvalue weighted by atomic mass is 16.5. The predicted octanol–water partition coefficient (Wildman–Crippen LogP) is 5.08. The first-order chi connectivity index (χ1) is 9.27. The minimum absolute atomic E-state index is 0.250. The average Bonchev–Trinajstić information content (AvgIpc) is 2.42. The van der Waals surface area contributed by atoms with Gasteiger partial charge < -0.3 is 9.84 Å². The van der Waals surface area contributed by atoms with Gasteiger partial charge in [0.15, 0.2) is 11.5 Å². The third kappa shape index (κ3) is 6.51. The van der Waals surface area contributed by atoms with Crippen LogP contribution in [0.5, 0.6) is 11.5 Å². The maximum Gasteiger partial charge on any atom is 0.160 e. The molecule has 0 fully saturated rings. The first kappa shape index (κ1) is 15.9. The van der Waals surface area contributed by atoms with Crippen LogP contribution < -0.4 is 4.74 Å². The van der Waals surface area contributed by atoms with E-state index in [1.807, 2.05) is 18.2 Å². The first-order valence-corrected chi connectivity index (χ1v) is 7.63. The SMILES string of the molecule is CCCCCCCCCCc1ccc(OC)c(O)c1. The number of phenolic OH excluding ortho intramolecular Hbond substituents is 1. The molecule has 0 aliphatic heterocycles. The lowest BCUT2D eigenvalue weighted by Crippen LogP contribution is -1.89. The molecule has 0 saturated carbocycles. The van der Waals surface area contributed by atoms with Crippen LogP contribution in [0.15, 0.2) is 18.2 Å². The highest BCUT2D eigenvalue weighted by Crippen LogP contribution is 2.26. The van der Waals surface area contributed by atoms with Gasteiger partial charge in [-0.3, -0.25) is 0 Å². The van der Waals surface area contributed by atoms with Crippen molar-refractivity contribution >= 4 is 0 Å². The van der Waals surface area contributed by atoms with Crippen molar-refractivity contribution in [3.63, 3.8) is 0 Å². The Balaban J connectivity index is 2.11. The van der Waals surface area contributed by atoms with E-state index in [0.717, 1.165) is 6.42 Å². The van der Waals surface area contributed by atoms with Crippen LogP contribution in [-0.2, 0) is 6.42 Å². The van der Waals surface area contributed by atoms with Crippen LogP contribution in [0.2, 0.25) is 0 Å². The Morgan fingerprint density at radius 1 is 0.947 bits per heavy atom. The molecule has 19 heavy (non-hydrogen) atoms. The lowest BCUT2D eigenvalue weighted by molar-refractivity contribution is 0.373. The molecule has 2 heteroatoms. The second-order valence-corrected chi connectivity index (χ2v) is 5.23. The van der Waals surface area contributed by atoms with Crippen molar-refractivity contribution in [1.29, 1.82) is 0 Å². The maximum atomic E-state index is 9.69. The van der Waals surface area contributed by atoms with E-state index in [-0.39, 0.29) is 5.75 Å². The topological polar surface area (TPSA) is 29.5 Å². The van der Waals surface area contributed by atoms with Crippen LogP contribution in [-0.4, -0.2) is 12.2 Å². The van der Waals surface area contributed by atoms with Crippen molar-refractivity contribution < 1.29 is 9.84 Å². The number of rotatable bonds is 10. The molecule has 0 unspecified atom stereocenters. The Kier molecular flexibility index (Phi) is 8.11. The van der Waals surface area contributed by atoms with Crippen molar-refractivity contribution in [2.75, 3.05) is 7.11 Å². The van der Waals surface area contributed by atoms with E-state index in [1.165, 1.54) is 56.9 Å². The molecule has 0 amide bonds. The fourth-order valence-electron chi connectivity index (χ4n) is 2.35. The van der Waals surface area contributed by atoms with Crippen LogP contribution in [0.3, 0.4) is 0 Å². The molecular formula is C17H28O2. The highest BCUT2D eigenvalue weighted by molar-refractivity contribution is 5.41. The molecule has 108 valence electrons. The maximum absolute atomic E-state index is 9.69. The van der Waals surface area contributed by atoms with E-state index >= 15 is 0 Å². The second-order valence-electron chi connectivity index (χ2n) is 5.23. The lowest BCUT2D eigenvalue weighted by atomic mass is 10.0. The smallest absolute Gasteiger partial charge is 0.160 e. The largest absolute Gasteiger partial charge is 0.504 e. The summed E-state index contributed by atoms with van der Waals surface area (Å²) in [6.45, 7) is 2.25. The molecule has 1 aromatic rings. The van der Waals surface area contributed by atoms with E-state index < -0.39 is 0 Å². The Bertz CT molecular complexity index is 347. The molecule has 0 aliphatic rings. The molecule has 0 saturated heterocycles.